The van der Waals surface area contributed by atoms with Crippen molar-refractivity contribution in [3.8, 4) is 5.75 Å². The van der Waals surface area contributed by atoms with Crippen LogP contribution in [0.2, 0.25) is 0 Å². The molecule has 0 fully saturated rings. The summed E-state index contributed by atoms with van der Waals surface area (Å²) in [6.07, 6.45) is 0. The fourth-order valence-electron chi connectivity index (χ4n) is 0.720. The molecule has 1 rings (SSSR count). The molecule has 8 heteroatoms. The van der Waals surface area contributed by atoms with Crippen LogP contribution in [0.4, 0.5) is 8.78 Å². The molecule has 0 aromatic heterocycles. The topological polar surface area (TPSA) is 84.6 Å². The first kappa shape index (κ1) is 11.1. The van der Waals surface area contributed by atoms with Gasteiger partial charge in [-0.3, -0.25) is 5.84 Å². The van der Waals surface area contributed by atoms with E-state index in [1.807, 2.05) is 0 Å². The van der Waals surface area contributed by atoms with E-state index in [0.29, 0.717) is 0 Å². The Hall–Kier alpha value is -1.01. The van der Waals surface area contributed by atoms with Gasteiger partial charge in [0.1, 0.15) is 0 Å². The van der Waals surface area contributed by atoms with E-state index >= 15 is 0 Å². The summed E-state index contributed by atoms with van der Waals surface area (Å²) in [5, 5.41) is 1.40. The zero-order valence-corrected chi connectivity index (χ0v) is 7.67. The van der Waals surface area contributed by atoms with E-state index < -0.39 is 25.1 Å². The minimum absolute atomic E-state index is 0.884. The zero-order chi connectivity index (χ0) is 10.8. The van der Waals surface area contributed by atoms with Crippen LogP contribution in [-0.4, -0.2) is 4.89 Å². The fourth-order valence-corrected chi connectivity index (χ4v) is 1.19. The zero-order valence-electron chi connectivity index (χ0n) is 6.78. The highest BCUT2D eigenvalue weighted by Crippen LogP contribution is 2.39. The van der Waals surface area contributed by atoms with E-state index in [0.717, 1.165) is 18.2 Å². The van der Waals surface area contributed by atoms with E-state index in [1.165, 1.54) is 5.20 Å². The van der Waals surface area contributed by atoms with Gasteiger partial charge in [-0.15, -0.1) is 0 Å². The highest BCUT2D eigenvalue weighted by Gasteiger charge is 2.23. The number of nitrogens with two attached hydrogens (primary N) is 1. The van der Waals surface area contributed by atoms with Gasteiger partial charge in [-0.1, -0.05) is 6.07 Å². The molecule has 0 amide bonds. The predicted molar refractivity (Wildman–Crippen MR) is 44.1 cm³/mol. The molecule has 1 aromatic rings. The Bertz CT molecular complexity index is 367. The SMILES string of the molecule is NNP(=O)(O)Oc1c(F)cccc1F. The van der Waals surface area contributed by atoms with Crippen molar-refractivity contribution < 1.29 is 22.8 Å². The summed E-state index contributed by atoms with van der Waals surface area (Å²) in [5.41, 5.74) is 0. The lowest BCUT2D eigenvalue weighted by atomic mass is 10.3. The molecule has 5 nitrogen and oxygen atoms in total. The molecule has 0 aliphatic heterocycles. The van der Waals surface area contributed by atoms with E-state index in [-0.39, 0.29) is 0 Å². The minimum Gasteiger partial charge on any atom is -0.406 e. The molecule has 78 valence electrons. The van der Waals surface area contributed by atoms with E-state index in [2.05, 4.69) is 10.4 Å². The first-order valence-electron chi connectivity index (χ1n) is 3.40. The van der Waals surface area contributed by atoms with E-state index in [1.54, 1.807) is 0 Å². The Morgan fingerprint density at radius 3 is 2.36 bits per heavy atom. The number of hydrogen-bond acceptors (Lipinski definition) is 3. The number of rotatable bonds is 3. The molecule has 0 aliphatic carbocycles. The van der Waals surface area contributed by atoms with Gasteiger partial charge in [0.25, 0.3) is 0 Å². The lowest BCUT2D eigenvalue weighted by Gasteiger charge is -2.11. The predicted octanol–water partition coefficient (Wildman–Crippen LogP) is 0.907. The summed E-state index contributed by atoms with van der Waals surface area (Å²) in [5.74, 6) is 1.50. The van der Waals surface area contributed by atoms with Gasteiger partial charge in [0.2, 0.25) is 5.75 Å². The molecule has 4 N–H and O–H groups in total. The van der Waals surface area contributed by atoms with Gasteiger partial charge < -0.3 is 9.42 Å². The average Bonchev–Trinajstić information content (AvgIpc) is 2.12. The summed E-state index contributed by atoms with van der Waals surface area (Å²) in [6, 6.07) is 2.86. The van der Waals surface area contributed by atoms with Gasteiger partial charge in [0.15, 0.2) is 11.6 Å². The van der Waals surface area contributed by atoms with Crippen molar-refractivity contribution in [1.82, 2.24) is 5.20 Å². The normalized spacial score (nSPS) is 14.9. The third kappa shape index (κ3) is 2.49. The van der Waals surface area contributed by atoms with E-state index in [4.69, 9.17) is 4.89 Å². The molecule has 0 spiro atoms. The number of hydrogen-bond donors (Lipinski definition) is 3. The van der Waals surface area contributed by atoms with Crippen molar-refractivity contribution >= 4 is 7.75 Å². The Kier molecular flexibility index (Phi) is 3.17. The van der Waals surface area contributed by atoms with Crippen LogP contribution in [0.5, 0.6) is 5.75 Å². The van der Waals surface area contributed by atoms with Gasteiger partial charge in [0, 0.05) is 0 Å². The van der Waals surface area contributed by atoms with Gasteiger partial charge in [-0.2, -0.15) is 5.20 Å². The Balaban J connectivity index is 3.03. The fraction of sp³-hybridized carbons (Fsp3) is 0. The first-order valence-corrected chi connectivity index (χ1v) is 4.98. The van der Waals surface area contributed by atoms with Crippen molar-refractivity contribution in [2.75, 3.05) is 0 Å². The van der Waals surface area contributed by atoms with Crippen LogP contribution in [0.25, 0.3) is 0 Å². The third-order valence-electron chi connectivity index (χ3n) is 1.30. The van der Waals surface area contributed by atoms with Crippen LogP contribution < -0.4 is 15.6 Å². The first-order chi connectivity index (χ1) is 6.46. The van der Waals surface area contributed by atoms with Crippen molar-refractivity contribution in [3.63, 3.8) is 0 Å². The van der Waals surface area contributed by atoms with Crippen molar-refractivity contribution in [3.05, 3.63) is 29.8 Å². The monoisotopic (exact) mass is 224 g/mol. The largest absolute Gasteiger partial charge is 0.469 e. The molecule has 0 heterocycles. The van der Waals surface area contributed by atoms with Crippen LogP contribution >= 0.6 is 7.75 Å². The maximum absolute atomic E-state index is 12.9. The summed E-state index contributed by atoms with van der Waals surface area (Å²) < 4.78 is 40.7. The highest BCUT2D eigenvalue weighted by molar-refractivity contribution is 7.50. The molecule has 0 saturated carbocycles. The molecule has 14 heavy (non-hydrogen) atoms. The molecule has 0 bridgehead atoms. The van der Waals surface area contributed by atoms with Crippen LogP contribution in [0.3, 0.4) is 0 Å². The molecular weight excluding hydrogens is 217 g/mol. The standard InChI is InChI=1S/C6H7F2N2O3P/c7-4-2-1-3-5(8)6(4)13-14(11,12)10-9/h1-3H,9H2,(H2,10,11,12). The van der Waals surface area contributed by atoms with Gasteiger partial charge in [-0.05, 0) is 12.1 Å². The lowest BCUT2D eigenvalue weighted by molar-refractivity contribution is 0.345. The summed E-state index contributed by atoms with van der Waals surface area (Å²) in [4.78, 5) is 8.79. The van der Waals surface area contributed by atoms with Crippen molar-refractivity contribution in [2.45, 2.75) is 0 Å². The second-order valence-corrected chi connectivity index (χ2v) is 3.77. The molecule has 1 atom stereocenters. The molecule has 1 aromatic carbocycles. The van der Waals surface area contributed by atoms with Crippen molar-refractivity contribution in [2.24, 2.45) is 5.84 Å². The molecule has 1 unspecified atom stereocenters. The Morgan fingerprint density at radius 2 is 1.93 bits per heavy atom. The summed E-state index contributed by atoms with van der Waals surface area (Å²) in [6.45, 7) is 0. The summed E-state index contributed by atoms with van der Waals surface area (Å²) in [7, 11) is -4.40. The lowest BCUT2D eigenvalue weighted by Crippen LogP contribution is -2.21. The van der Waals surface area contributed by atoms with Gasteiger partial charge in [-0.25, -0.2) is 13.3 Å². The summed E-state index contributed by atoms with van der Waals surface area (Å²) >= 11 is 0. The Morgan fingerprint density at radius 1 is 1.43 bits per heavy atom. The highest BCUT2D eigenvalue weighted by atomic mass is 31.2. The van der Waals surface area contributed by atoms with E-state index in [9.17, 15) is 13.3 Å². The van der Waals surface area contributed by atoms with Crippen LogP contribution in [-0.2, 0) is 4.57 Å². The maximum atomic E-state index is 12.9. The molecular formula is C6H7F2N2O3P. The van der Waals surface area contributed by atoms with Crippen LogP contribution in [0, 0.1) is 11.6 Å². The third-order valence-corrected chi connectivity index (χ3v) is 2.05. The second kappa shape index (κ2) is 4.02. The van der Waals surface area contributed by atoms with Gasteiger partial charge >= 0.3 is 7.75 Å². The minimum atomic E-state index is -4.40. The number of para-hydroxylation sites is 1. The van der Waals surface area contributed by atoms with Crippen molar-refractivity contribution in [1.29, 1.82) is 0 Å². The number of benzene rings is 1. The Labute approximate surface area is 78.0 Å². The van der Waals surface area contributed by atoms with Crippen LogP contribution in [0.1, 0.15) is 0 Å². The van der Waals surface area contributed by atoms with Crippen LogP contribution in [0.15, 0.2) is 18.2 Å². The number of hydrazine groups is 1. The number of nitrogens with one attached hydrogen (secondary N) is 1. The smallest absolute Gasteiger partial charge is 0.406 e. The number of halogens is 2. The van der Waals surface area contributed by atoms with Gasteiger partial charge in [0.05, 0.1) is 0 Å². The molecule has 0 aliphatic rings. The molecule has 0 saturated heterocycles. The molecule has 0 radical (unpaired) electrons. The maximum Gasteiger partial charge on any atom is 0.469 e. The average molecular weight is 224 g/mol. The second-order valence-electron chi connectivity index (χ2n) is 2.29. The quantitative estimate of drug-likeness (QED) is 0.403.